The Morgan fingerprint density at radius 3 is 2.32 bits per heavy atom. The van der Waals surface area contributed by atoms with Crippen LogP contribution in [0.2, 0.25) is 0 Å². The molecule has 1 aliphatic rings. The summed E-state index contributed by atoms with van der Waals surface area (Å²) in [5, 5.41) is 13.6. The number of alkyl carbamates (subject to hydrolysis) is 1. The summed E-state index contributed by atoms with van der Waals surface area (Å²) < 4.78 is 33.0. The summed E-state index contributed by atoms with van der Waals surface area (Å²) >= 11 is 0. The number of amides is 1. The number of hydrogen-bond donors (Lipinski definition) is 2. The Hall–Kier alpha value is -3.85. The molecule has 0 bridgehead atoms. The molecule has 220 valence electrons. The Morgan fingerprint density at radius 1 is 1.05 bits per heavy atom. The molecule has 0 aliphatic heterocycles. The van der Waals surface area contributed by atoms with Crippen LogP contribution in [0.4, 0.5) is 9.18 Å². The second-order valence-corrected chi connectivity index (χ2v) is 11.4. The van der Waals surface area contributed by atoms with Gasteiger partial charge in [0.25, 0.3) is 5.56 Å². The molecule has 0 spiro atoms. The van der Waals surface area contributed by atoms with Crippen molar-refractivity contribution in [2.45, 2.75) is 65.1 Å². The second kappa shape index (κ2) is 12.3. The fraction of sp³-hybridized carbons (Fsp3) is 0.438. The molecule has 3 aromatic rings. The van der Waals surface area contributed by atoms with Crippen LogP contribution in [0.5, 0.6) is 17.2 Å². The van der Waals surface area contributed by atoms with Crippen LogP contribution in [0.1, 0.15) is 56.2 Å². The maximum Gasteiger partial charge on any atom is 0.406 e. The molecule has 1 amide bonds. The van der Waals surface area contributed by atoms with E-state index in [2.05, 4.69) is 10.1 Å². The van der Waals surface area contributed by atoms with Crippen molar-refractivity contribution in [2.75, 3.05) is 13.7 Å². The van der Waals surface area contributed by atoms with Crippen molar-refractivity contribution in [1.29, 1.82) is 0 Å². The molecule has 4 rings (SSSR count). The average molecular weight is 567 g/mol. The lowest BCUT2D eigenvalue weighted by Crippen LogP contribution is -2.33. The van der Waals surface area contributed by atoms with Crippen molar-refractivity contribution in [3.63, 3.8) is 0 Å². The van der Waals surface area contributed by atoms with Gasteiger partial charge in [-0.25, -0.2) is 9.18 Å². The third-order valence-electron chi connectivity index (χ3n) is 7.61. The van der Waals surface area contributed by atoms with Gasteiger partial charge in [-0.3, -0.25) is 4.79 Å². The van der Waals surface area contributed by atoms with E-state index < -0.39 is 11.7 Å². The number of hydrogen-bond acceptors (Lipinski definition) is 6. The lowest BCUT2D eigenvalue weighted by atomic mass is 9.87. The van der Waals surface area contributed by atoms with Gasteiger partial charge in [0, 0.05) is 37.0 Å². The van der Waals surface area contributed by atoms with E-state index in [1.807, 2.05) is 6.07 Å². The Kier molecular flexibility index (Phi) is 9.07. The summed E-state index contributed by atoms with van der Waals surface area (Å²) in [6.07, 6.45) is 4.42. The Morgan fingerprint density at radius 2 is 1.71 bits per heavy atom. The number of methoxy groups -OCH3 is 1. The summed E-state index contributed by atoms with van der Waals surface area (Å²) in [6, 6.07) is 9.73. The molecule has 0 radical (unpaired) electrons. The molecule has 2 aromatic carbocycles. The molecule has 8 nitrogen and oxygen atoms in total. The first-order valence-electron chi connectivity index (χ1n) is 13.9. The molecular weight excluding hydrogens is 527 g/mol. The Bertz CT molecular complexity index is 1440. The number of rotatable bonds is 8. The maximum absolute atomic E-state index is 14.0. The van der Waals surface area contributed by atoms with Crippen molar-refractivity contribution in [2.24, 2.45) is 13.0 Å². The highest BCUT2D eigenvalue weighted by Crippen LogP contribution is 2.42. The van der Waals surface area contributed by atoms with E-state index >= 15 is 0 Å². The maximum atomic E-state index is 14.0. The summed E-state index contributed by atoms with van der Waals surface area (Å²) in [5.41, 5.74) is 1.88. The average Bonchev–Trinajstić information content (AvgIpc) is 2.91. The van der Waals surface area contributed by atoms with Gasteiger partial charge in [0.1, 0.15) is 23.1 Å². The van der Waals surface area contributed by atoms with Crippen molar-refractivity contribution in [3.05, 3.63) is 75.5 Å². The number of aliphatic hydroxyl groups is 1. The predicted molar refractivity (Wildman–Crippen MR) is 155 cm³/mol. The zero-order valence-corrected chi connectivity index (χ0v) is 24.5. The molecule has 0 atom stereocenters. The van der Waals surface area contributed by atoms with Gasteiger partial charge >= 0.3 is 6.09 Å². The standard InChI is InChI=1S/C32H39FN2O6/c1-19-13-23(33)14-20(2)30(19)41-27-12-9-22(32(3,4)38)15-25(27)26-18-35(5)29(36)16-28(26)40-24-10-7-21(8-11-24)17-34-31(37)39-6/h9,12-16,18,21,24,38H,7-8,10-11,17H2,1-6H3,(H,34,37)/t21-,24-. The summed E-state index contributed by atoms with van der Waals surface area (Å²) in [6.45, 7) is 7.52. The van der Waals surface area contributed by atoms with Gasteiger partial charge < -0.3 is 29.2 Å². The van der Waals surface area contributed by atoms with Gasteiger partial charge in [-0.05, 0) is 100 Å². The molecule has 9 heteroatoms. The van der Waals surface area contributed by atoms with E-state index in [9.17, 15) is 19.1 Å². The quantitative estimate of drug-likeness (QED) is 0.341. The number of aryl methyl sites for hydroxylation is 3. The summed E-state index contributed by atoms with van der Waals surface area (Å²) in [4.78, 5) is 24.2. The van der Waals surface area contributed by atoms with E-state index in [0.29, 0.717) is 57.5 Å². The van der Waals surface area contributed by atoms with Crippen LogP contribution in [-0.4, -0.2) is 35.5 Å². The number of carbonyl (C=O) groups excluding carboxylic acids is 1. The Balaban J connectivity index is 1.70. The van der Waals surface area contributed by atoms with E-state index in [0.717, 1.165) is 25.7 Å². The van der Waals surface area contributed by atoms with Crippen LogP contribution in [0, 0.1) is 25.6 Å². The van der Waals surface area contributed by atoms with Gasteiger partial charge in [-0.1, -0.05) is 6.07 Å². The lowest BCUT2D eigenvalue weighted by molar-refractivity contribution is 0.0786. The Labute approximate surface area is 240 Å². The van der Waals surface area contributed by atoms with Gasteiger partial charge in [0.2, 0.25) is 0 Å². The second-order valence-electron chi connectivity index (χ2n) is 11.4. The molecule has 1 saturated carbocycles. The number of halogens is 1. The van der Waals surface area contributed by atoms with Crippen LogP contribution >= 0.6 is 0 Å². The highest BCUT2D eigenvalue weighted by molar-refractivity contribution is 5.76. The molecule has 1 aliphatic carbocycles. The van der Waals surface area contributed by atoms with E-state index in [1.165, 1.54) is 29.9 Å². The zero-order valence-electron chi connectivity index (χ0n) is 24.5. The van der Waals surface area contributed by atoms with Gasteiger partial charge in [-0.2, -0.15) is 0 Å². The van der Waals surface area contributed by atoms with Gasteiger partial charge in [0.05, 0.1) is 18.8 Å². The monoisotopic (exact) mass is 566 g/mol. The van der Waals surface area contributed by atoms with Crippen molar-refractivity contribution in [3.8, 4) is 28.4 Å². The predicted octanol–water partition coefficient (Wildman–Crippen LogP) is 6.12. The number of carbonyl (C=O) groups is 1. The fourth-order valence-electron chi connectivity index (χ4n) is 5.22. The minimum Gasteiger partial charge on any atom is -0.490 e. The van der Waals surface area contributed by atoms with Crippen LogP contribution in [0.3, 0.4) is 0 Å². The SMILES string of the molecule is COC(=O)NC[C@H]1CC[C@H](Oc2cc(=O)n(C)cc2-c2cc(C(C)(C)O)ccc2Oc2c(C)cc(F)cc2C)CC1. The van der Waals surface area contributed by atoms with Crippen LogP contribution in [-0.2, 0) is 17.4 Å². The third-order valence-corrected chi connectivity index (χ3v) is 7.61. The largest absolute Gasteiger partial charge is 0.490 e. The number of pyridine rings is 1. The molecule has 1 heterocycles. The van der Waals surface area contributed by atoms with E-state index in [4.69, 9.17) is 9.47 Å². The molecule has 1 fully saturated rings. The van der Waals surface area contributed by atoms with Gasteiger partial charge in [0.15, 0.2) is 0 Å². The fourth-order valence-corrected chi connectivity index (χ4v) is 5.22. The normalized spacial score (nSPS) is 17.2. The van der Waals surface area contributed by atoms with Crippen LogP contribution < -0.4 is 20.3 Å². The van der Waals surface area contributed by atoms with Crippen LogP contribution in [0.25, 0.3) is 11.1 Å². The van der Waals surface area contributed by atoms with Gasteiger partial charge in [-0.15, -0.1) is 0 Å². The first kappa shape index (κ1) is 30.1. The highest BCUT2D eigenvalue weighted by Gasteiger charge is 2.26. The third kappa shape index (κ3) is 7.27. The molecule has 0 saturated heterocycles. The van der Waals surface area contributed by atoms with Crippen molar-refractivity contribution in [1.82, 2.24) is 9.88 Å². The number of benzene rings is 2. The summed E-state index contributed by atoms with van der Waals surface area (Å²) in [7, 11) is 3.02. The topological polar surface area (TPSA) is 99.0 Å². The molecule has 2 N–H and O–H groups in total. The molecular formula is C32H39FN2O6. The van der Waals surface area contributed by atoms with Crippen molar-refractivity contribution < 1.29 is 28.5 Å². The number of nitrogens with zero attached hydrogens (tertiary/aromatic N) is 1. The summed E-state index contributed by atoms with van der Waals surface area (Å²) in [5.74, 6) is 1.43. The first-order valence-corrected chi connectivity index (χ1v) is 13.9. The smallest absolute Gasteiger partial charge is 0.406 e. The minimum absolute atomic E-state index is 0.112. The van der Waals surface area contributed by atoms with E-state index in [-0.39, 0.29) is 17.5 Å². The molecule has 1 aromatic heterocycles. The number of aromatic nitrogens is 1. The molecule has 0 unspecified atom stereocenters. The number of ether oxygens (including phenoxy) is 3. The van der Waals surface area contributed by atoms with Crippen LogP contribution in [0.15, 0.2) is 47.4 Å². The molecule has 41 heavy (non-hydrogen) atoms. The minimum atomic E-state index is -1.13. The van der Waals surface area contributed by atoms with E-state index in [1.54, 1.807) is 53.1 Å². The zero-order chi connectivity index (χ0) is 29.9. The number of nitrogens with one attached hydrogen (secondary N) is 1. The van der Waals surface area contributed by atoms with Crippen molar-refractivity contribution >= 4 is 6.09 Å². The first-order chi connectivity index (χ1) is 19.3. The lowest BCUT2D eigenvalue weighted by Gasteiger charge is -2.30. The highest BCUT2D eigenvalue weighted by atomic mass is 19.1.